The molecule has 0 aromatic heterocycles. The molecule has 0 heterocycles. The van der Waals surface area contributed by atoms with Gasteiger partial charge in [0.25, 0.3) is 11.8 Å². The quantitative estimate of drug-likeness (QED) is 0.511. The Bertz CT molecular complexity index is 796. The van der Waals surface area contributed by atoms with Gasteiger partial charge in [-0.1, -0.05) is 24.3 Å². The van der Waals surface area contributed by atoms with Crippen LogP contribution in [0.1, 0.15) is 10.4 Å². The zero-order valence-corrected chi connectivity index (χ0v) is 16.0. The Balaban J connectivity index is 1.79. The molecular formula is C18H16BrClN2O4. The first-order chi connectivity index (χ1) is 12.5. The maximum Gasteiger partial charge on any atom is 0.276 e. The first-order valence-corrected chi connectivity index (χ1v) is 8.67. The zero-order chi connectivity index (χ0) is 18.9. The van der Waals surface area contributed by atoms with Gasteiger partial charge in [0.05, 0.1) is 4.47 Å². The maximum atomic E-state index is 12.0. The van der Waals surface area contributed by atoms with Crippen LogP contribution >= 0.6 is 27.5 Å². The standard InChI is InChI=1S/C18H16BrClN2O4/c1-2-9-25-14-6-3-12(4-7-14)18(24)22-21-17(23)11-26-16-8-5-13(20)10-15(16)19/h2-8,10H,1,9,11H2,(H,21,23)(H,22,24). The van der Waals surface area contributed by atoms with E-state index in [2.05, 4.69) is 33.4 Å². The van der Waals surface area contributed by atoms with Gasteiger partial charge in [0.1, 0.15) is 18.1 Å². The molecule has 8 heteroatoms. The maximum absolute atomic E-state index is 12.0. The highest BCUT2D eigenvalue weighted by Gasteiger charge is 2.09. The first kappa shape index (κ1) is 19.8. The highest BCUT2D eigenvalue weighted by Crippen LogP contribution is 2.27. The molecule has 2 aromatic carbocycles. The molecule has 6 nitrogen and oxygen atoms in total. The molecule has 0 aliphatic carbocycles. The molecule has 2 aromatic rings. The van der Waals surface area contributed by atoms with Gasteiger partial charge in [0.15, 0.2) is 6.61 Å². The van der Waals surface area contributed by atoms with Crippen molar-refractivity contribution in [3.8, 4) is 11.5 Å². The number of ether oxygens (including phenoxy) is 2. The van der Waals surface area contributed by atoms with E-state index in [0.29, 0.717) is 33.2 Å². The van der Waals surface area contributed by atoms with Crippen LogP contribution in [-0.4, -0.2) is 25.0 Å². The van der Waals surface area contributed by atoms with Crippen molar-refractivity contribution in [2.24, 2.45) is 0 Å². The molecule has 0 aliphatic rings. The van der Waals surface area contributed by atoms with Crippen molar-refractivity contribution in [3.63, 3.8) is 0 Å². The normalized spacial score (nSPS) is 9.92. The number of benzene rings is 2. The molecule has 0 aliphatic heterocycles. The van der Waals surface area contributed by atoms with Gasteiger partial charge in [-0.2, -0.15) is 0 Å². The third-order valence-electron chi connectivity index (χ3n) is 3.05. The molecule has 0 bridgehead atoms. The first-order valence-electron chi connectivity index (χ1n) is 7.50. The summed E-state index contributed by atoms with van der Waals surface area (Å²) in [6, 6.07) is 11.4. The molecule has 0 radical (unpaired) electrons. The van der Waals surface area contributed by atoms with Gasteiger partial charge in [-0.3, -0.25) is 20.4 Å². The lowest BCUT2D eigenvalue weighted by molar-refractivity contribution is -0.123. The van der Waals surface area contributed by atoms with Crippen LogP contribution in [0.5, 0.6) is 11.5 Å². The number of amides is 2. The Hall–Kier alpha value is -2.51. The van der Waals surface area contributed by atoms with Gasteiger partial charge in [0, 0.05) is 10.6 Å². The lowest BCUT2D eigenvalue weighted by Crippen LogP contribution is -2.43. The predicted molar refractivity (Wildman–Crippen MR) is 102 cm³/mol. The molecule has 2 amide bonds. The number of carbonyl (C=O) groups is 2. The summed E-state index contributed by atoms with van der Waals surface area (Å²) in [6.07, 6.45) is 1.63. The second-order valence-electron chi connectivity index (χ2n) is 4.99. The van der Waals surface area contributed by atoms with E-state index in [4.69, 9.17) is 21.1 Å². The molecule has 0 fully saturated rings. The molecule has 0 unspecified atom stereocenters. The van der Waals surface area contributed by atoms with Crippen LogP contribution in [0.4, 0.5) is 0 Å². The minimum absolute atomic E-state index is 0.269. The van der Waals surface area contributed by atoms with Crippen molar-refractivity contribution in [3.05, 3.63) is 70.2 Å². The van der Waals surface area contributed by atoms with E-state index in [0.717, 1.165) is 0 Å². The number of carbonyl (C=O) groups excluding carboxylic acids is 2. The Labute approximate surface area is 164 Å². The van der Waals surface area contributed by atoms with E-state index in [9.17, 15) is 9.59 Å². The molecule has 0 saturated heterocycles. The van der Waals surface area contributed by atoms with Crippen molar-refractivity contribution in [1.29, 1.82) is 0 Å². The minimum atomic E-state index is -0.508. The topological polar surface area (TPSA) is 76.7 Å². The van der Waals surface area contributed by atoms with Crippen molar-refractivity contribution in [1.82, 2.24) is 10.9 Å². The lowest BCUT2D eigenvalue weighted by Gasteiger charge is -2.10. The Morgan fingerprint density at radius 2 is 1.85 bits per heavy atom. The largest absolute Gasteiger partial charge is 0.490 e. The van der Waals surface area contributed by atoms with Crippen LogP contribution in [0, 0.1) is 0 Å². The second-order valence-corrected chi connectivity index (χ2v) is 6.28. The van der Waals surface area contributed by atoms with E-state index in [1.54, 1.807) is 48.5 Å². The molecule has 2 rings (SSSR count). The highest BCUT2D eigenvalue weighted by atomic mass is 79.9. The van der Waals surface area contributed by atoms with E-state index >= 15 is 0 Å². The van der Waals surface area contributed by atoms with Gasteiger partial charge in [-0.25, -0.2) is 0 Å². The van der Waals surface area contributed by atoms with Crippen LogP contribution < -0.4 is 20.3 Å². The van der Waals surface area contributed by atoms with Crippen molar-refractivity contribution in [2.75, 3.05) is 13.2 Å². The Morgan fingerprint density at radius 1 is 1.12 bits per heavy atom. The SMILES string of the molecule is C=CCOc1ccc(C(=O)NNC(=O)COc2ccc(Cl)cc2Br)cc1. The van der Waals surface area contributed by atoms with Crippen molar-refractivity contribution >= 4 is 39.3 Å². The number of hydrazine groups is 1. The third kappa shape index (κ3) is 6.09. The third-order valence-corrected chi connectivity index (χ3v) is 3.91. The second kappa shape index (κ2) is 9.84. The summed E-state index contributed by atoms with van der Waals surface area (Å²) >= 11 is 9.12. The van der Waals surface area contributed by atoms with Crippen LogP contribution in [0.25, 0.3) is 0 Å². The van der Waals surface area contributed by atoms with E-state index in [1.165, 1.54) is 0 Å². The van der Waals surface area contributed by atoms with Crippen LogP contribution in [-0.2, 0) is 4.79 Å². The smallest absolute Gasteiger partial charge is 0.276 e. The predicted octanol–water partition coefficient (Wildman–Crippen LogP) is 3.51. The number of halogens is 2. The average molecular weight is 440 g/mol. The molecule has 0 atom stereocenters. The fourth-order valence-corrected chi connectivity index (χ4v) is 2.63. The zero-order valence-electron chi connectivity index (χ0n) is 13.6. The number of hydrogen-bond donors (Lipinski definition) is 2. The van der Waals surface area contributed by atoms with Gasteiger partial charge >= 0.3 is 0 Å². The van der Waals surface area contributed by atoms with Crippen LogP contribution in [0.15, 0.2) is 59.6 Å². The summed E-state index contributed by atoms with van der Waals surface area (Å²) in [5, 5.41) is 0.543. The van der Waals surface area contributed by atoms with E-state index in [-0.39, 0.29) is 6.61 Å². The van der Waals surface area contributed by atoms with Crippen LogP contribution in [0.2, 0.25) is 5.02 Å². The molecule has 26 heavy (non-hydrogen) atoms. The van der Waals surface area contributed by atoms with Crippen LogP contribution in [0.3, 0.4) is 0 Å². The number of rotatable bonds is 7. The summed E-state index contributed by atoms with van der Waals surface area (Å²) in [4.78, 5) is 23.8. The Morgan fingerprint density at radius 3 is 2.50 bits per heavy atom. The fourth-order valence-electron chi connectivity index (χ4n) is 1.83. The molecule has 0 saturated carbocycles. The van der Waals surface area contributed by atoms with E-state index in [1.807, 2.05) is 0 Å². The summed E-state index contributed by atoms with van der Waals surface area (Å²) in [7, 11) is 0. The molecular weight excluding hydrogens is 424 g/mol. The number of nitrogens with one attached hydrogen (secondary N) is 2. The van der Waals surface area contributed by atoms with Crippen molar-refractivity contribution < 1.29 is 19.1 Å². The summed E-state index contributed by atoms with van der Waals surface area (Å²) in [6.45, 7) is 3.67. The average Bonchev–Trinajstić information content (AvgIpc) is 2.64. The van der Waals surface area contributed by atoms with Gasteiger partial charge < -0.3 is 9.47 Å². The summed E-state index contributed by atoms with van der Waals surface area (Å²) in [5.41, 5.74) is 4.97. The minimum Gasteiger partial charge on any atom is -0.490 e. The highest BCUT2D eigenvalue weighted by molar-refractivity contribution is 9.10. The molecule has 136 valence electrons. The summed E-state index contributed by atoms with van der Waals surface area (Å²) < 4.78 is 11.3. The van der Waals surface area contributed by atoms with Gasteiger partial charge in [0.2, 0.25) is 0 Å². The molecule has 2 N–H and O–H groups in total. The van der Waals surface area contributed by atoms with Gasteiger partial charge in [-0.15, -0.1) is 0 Å². The summed E-state index contributed by atoms with van der Waals surface area (Å²) in [5.74, 6) is 0.117. The van der Waals surface area contributed by atoms with E-state index < -0.39 is 11.8 Å². The molecule has 0 spiro atoms. The fraction of sp³-hybridized carbons (Fsp3) is 0.111. The lowest BCUT2D eigenvalue weighted by atomic mass is 10.2. The number of hydrogen-bond acceptors (Lipinski definition) is 4. The Kier molecular flexibility index (Phi) is 7.50. The van der Waals surface area contributed by atoms with Crippen molar-refractivity contribution in [2.45, 2.75) is 0 Å². The monoisotopic (exact) mass is 438 g/mol. The van der Waals surface area contributed by atoms with Gasteiger partial charge in [-0.05, 0) is 58.4 Å².